The van der Waals surface area contributed by atoms with Crippen molar-refractivity contribution in [3.63, 3.8) is 0 Å². The molecule has 0 spiro atoms. The van der Waals surface area contributed by atoms with Gasteiger partial charge in [0.1, 0.15) is 5.69 Å². The predicted molar refractivity (Wildman–Crippen MR) is 147 cm³/mol. The summed E-state index contributed by atoms with van der Waals surface area (Å²) in [5.41, 5.74) is 3.09. The largest absolute Gasteiger partial charge is 0.469 e. The lowest BCUT2D eigenvalue weighted by molar-refractivity contribution is -0.155. The number of carbonyl (C=O) groups is 3. The number of hydrogen-bond acceptors (Lipinski definition) is 6. The molecule has 206 valence electrons. The van der Waals surface area contributed by atoms with Gasteiger partial charge in [-0.05, 0) is 50.8 Å². The molecule has 1 saturated heterocycles. The number of aromatic nitrogens is 3. The van der Waals surface area contributed by atoms with Gasteiger partial charge in [-0.15, -0.1) is 0 Å². The third-order valence-electron chi connectivity index (χ3n) is 7.92. The highest BCUT2D eigenvalue weighted by Gasteiger charge is 2.45. The number of halogens is 1. The molecule has 2 amide bonds. The minimum Gasteiger partial charge on any atom is -0.469 e. The lowest BCUT2D eigenvalue weighted by Gasteiger charge is -2.48. The second kappa shape index (κ2) is 10.3. The zero-order valence-electron chi connectivity index (χ0n) is 23.0. The van der Waals surface area contributed by atoms with Crippen molar-refractivity contribution in [3.8, 4) is 11.3 Å². The molecule has 2 aromatic heterocycles. The Labute approximate surface area is 233 Å². The zero-order chi connectivity index (χ0) is 28.1. The van der Waals surface area contributed by atoms with E-state index in [2.05, 4.69) is 13.8 Å². The third-order valence-corrected chi connectivity index (χ3v) is 8.17. The first-order chi connectivity index (χ1) is 18.5. The zero-order valence-corrected chi connectivity index (χ0v) is 23.7. The molecule has 0 radical (unpaired) electrons. The lowest BCUT2D eigenvalue weighted by Crippen LogP contribution is -2.63. The van der Waals surface area contributed by atoms with E-state index in [0.717, 1.165) is 16.8 Å². The summed E-state index contributed by atoms with van der Waals surface area (Å²) < 4.78 is 6.48. The molecule has 1 aliphatic carbocycles. The number of methoxy groups -OCH3 is 1. The van der Waals surface area contributed by atoms with Gasteiger partial charge in [-0.3, -0.25) is 14.4 Å². The van der Waals surface area contributed by atoms with Gasteiger partial charge in [0.05, 0.1) is 30.5 Å². The molecule has 0 N–H and O–H groups in total. The van der Waals surface area contributed by atoms with E-state index < -0.39 is 5.54 Å². The van der Waals surface area contributed by atoms with Crippen molar-refractivity contribution in [2.45, 2.75) is 52.0 Å². The summed E-state index contributed by atoms with van der Waals surface area (Å²) in [4.78, 5) is 46.9. The van der Waals surface area contributed by atoms with Crippen LogP contribution in [0.25, 0.3) is 16.9 Å². The minimum absolute atomic E-state index is 0.0450. The van der Waals surface area contributed by atoms with Crippen LogP contribution in [0.4, 0.5) is 0 Å². The molecule has 9 nitrogen and oxygen atoms in total. The van der Waals surface area contributed by atoms with Crippen LogP contribution in [-0.4, -0.2) is 74.5 Å². The van der Waals surface area contributed by atoms with Crippen LogP contribution in [0.1, 0.15) is 62.5 Å². The standard InChI is InChI=1S/C29H34ClN5O4/c1-17(2)22-14-23(18-6-8-21(30)9-7-18)32-35-15-24(31-25(22)35)27(37)34-11-10-33(16-29(34,3)4)26(36)19-12-20(13-19)28(38)39-5/h6-9,14-15,17,19-20H,10-13,16H2,1-5H3/t19-,20-. The molecular weight excluding hydrogens is 518 g/mol. The van der Waals surface area contributed by atoms with Crippen LogP contribution >= 0.6 is 11.6 Å². The Morgan fingerprint density at radius 1 is 1.08 bits per heavy atom. The summed E-state index contributed by atoms with van der Waals surface area (Å²) in [6, 6.07) is 9.52. The topological polar surface area (TPSA) is 97.1 Å². The van der Waals surface area contributed by atoms with E-state index >= 15 is 0 Å². The summed E-state index contributed by atoms with van der Waals surface area (Å²) in [5, 5.41) is 5.41. The highest BCUT2D eigenvalue weighted by molar-refractivity contribution is 6.30. The van der Waals surface area contributed by atoms with Gasteiger partial charge >= 0.3 is 5.97 Å². The van der Waals surface area contributed by atoms with Gasteiger partial charge in [0, 0.05) is 41.7 Å². The first kappa shape index (κ1) is 27.1. The Morgan fingerprint density at radius 2 is 1.77 bits per heavy atom. The first-order valence-corrected chi connectivity index (χ1v) is 13.7. The van der Waals surface area contributed by atoms with Crippen molar-refractivity contribution in [2.24, 2.45) is 11.8 Å². The molecule has 10 heteroatoms. The average molecular weight is 552 g/mol. The van der Waals surface area contributed by atoms with E-state index in [-0.39, 0.29) is 35.5 Å². The van der Waals surface area contributed by atoms with Crippen LogP contribution in [0.5, 0.6) is 0 Å². The number of carbonyl (C=O) groups excluding carboxylic acids is 3. The van der Waals surface area contributed by atoms with Crippen LogP contribution in [0.2, 0.25) is 5.02 Å². The van der Waals surface area contributed by atoms with Crippen LogP contribution in [0.3, 0.4) is 0 Å². The van der Waals surface area contributed by atoms with Crippen molar-refractivity contribution in [3.05, 3.63) is 52.8 Å². The maximum atomic E-state index is 13.7. The second-order valence-corrected chi connectivity index (χ2v) is 11.9. The van der Waals surface area contributed by atoms with Crippen LogP contribution in [0.15, 0.2) is 36.5 Å². The molecule has 3 aromatic rings. The van der Waals surface area contributed by atoms with Gasteiger partial charge in [-0.1, -0.05) is 37.6 Å². The van der Waals surface area contributed by atoms with Gasteiger partial charge < -0.3 is 14.5 Å². The van der Waals surface area contributed by atoms with Gasteiger partial charge in [0.2, 0.25) is 5.91 Å². The maximum Gasteiger partial charge on any atom is 0.308 e. The Bertz CT molecular complexity index is 1430. The first-order valence-electron chi connectivity index (χ1n) is 13.3. The van der Waals surface area contributed by atoms with Crippen LogP contribution in [-0.2, 0) is 14.3 Å². The SMILES string of the molecule is COC(=O)[C@H]1C[C@H](C(=O)N2CCN(C(=O)c3cn4nc(-c5ccc(Cl)cc5)cc(C(C)C)c4n3)C(C)(C)C2)C1. The minimum atomic E-state index is -0.588. The number of amides is 2. The summed E-state index contributed by atoms with van der Waals surface area (Å²) in [5.74, 6) is -0.584. The summed E-state index contributed by atoms with van der Waals surface area (Å²) in [7, 11) is 1.37. The van der Waals surface area contributed by atoms with Crippen molar-refractivity contribution in [1.29, 1.82) is 0 Å². The summed E-state index contributed by atoms with van der Waals surface area (Å²) in [6.45, 7) is 9.37. The molecule has 5 rings (SSSR count). The monoisotopic (exact) mass is 551 g/mol. The van der Waals surface area contributed by atoms with E-state index in [1.54, 1.807) is 15.6 Å². The fraction of sp³-hybridized carbons (Fsp3) is 0.483. The number of benzene rings is 1. The fourth-order valence-corrected chi connectivity index (χ4v) is 5.71. The fourth-order valence-electron chi connectivity index (χ4n) is 5.59. The molecule has 1 aromatic carbocycles. The lowest BCUT2D eigenvalue weighted by atomic mass is 9.74. The Balaban J connectivity index is 1.35. The van der Waals surface area contributed by atoms with Gasteiger partial charge in [0.15, 0.2) is 5.65 Å². The molecule has 2 aliphatic rings. The van der Waals surface area contributed by atoms with E-state index in [4.69, 9.17) is 26.4 Å². The van der Waals surface area contributed by atoms with Gasteiger partial charge in [-0.25, -0.2) is 9.50 Å². The van der Waals surface area contributed by atoms with E-state index in [9.17, 15) is 14.4 Å². The Hall–Kier alpha value is -3.46. The number of esters is 1. The second-order valence-electron chi connectivity index (χ2n) is 11.5. The molecule has 39 heavy (non-hydrogen) atoms. The van der Waals surface area contributed by atoms with Gasteiger partial charge in [0.25, 0.3) is 5.91 Å². The normalized spacial score (nSPS) is 20.7. The Morgan fingerprint density at radius 3 is 2.38 bits per heavy atom. The average Bonchev–Trinajstić information content (AvgIpc) is 3.30. The van der Waals surface area contributed by atoms with E-state index in [0.29, 0.717) is 48.8 Å². The van der Waals surface area contributed by atoms with Crippen molar-refractivity contribution < 1.29 is 19.1 Å². The number of imidazole rings is 1. The highest BCUT2D eigenvalue weighted by Crippen LogP contribution is 2.37. The van der Waals surface area contributed by atoms with Crippen LogP contribution in [0, 0.1) is 11.8 Å². The molecule has 0 atom stereocenters. The molecule has 2 fully saturated rings. The number of hydrogen-bond donors (Lipinski definition) is 0. The van der Waals surface area contributed by atoms with Crippen molar-refractivity contribution in [1.82, 2.24) is 24.4 Å². The number of rotatable bonds is 5. The van der Waals surface area contributed by atoms with Crippen molar-refractivity contribution in [2.75, 3.05) is 26.7 Å². The van der Waals surface area contributed by atoms with E-state index in [1.807, 2.05) is 49.1 Å². The van der Waals surface area contributed by atoms with E-state index in [1.165, 1.54) is 7.11 Å². The molecule has 0 bridgehead atoms. The summed E-state index contributed by atoms with van der Waals surface area (Å²) in [6.07, 6.45) is 2.74. The number of nitrogens with zero attached hydrogens (tertiary/aromatic N) is 5. The molecule has 3 heterocycles. The molecule has 1 aliphatic heterocycles. The number of ether oxygens (including phenoxy) is 1. The smallest absolute Gasteiger partial charge is 0.308 e. The highest BCUT2D eigenvalue weighted by atomic mass is 35.5. The quantitative estimate of drug-likeness (QED) is 0.435. The molecule has 0 unspecified atom stereocenters. The Kier molecular flexibility index (Phi) is 7.13. The third kappa shape index (κ3) is 5.12. The van der Waals surface area contributed by atoms with Gasteiger partial charge in [-0.2, -0.15) is 5.10 Å². The van der Waals surface area contributed by atoms with Crippen LogP contribution < -0.4 is 0 Å². The molecule has 1 saturated carbocycles. The number of fused-ring (bicyclic) bond motifs is 1. The predicted octanol–water partition coefficient (Wildman–Crippen LogP) is 4.44. The summed E-state index contributed by atoms with van der Waals surface area (Å²) >= 11 is 6.07. The molecular formula is C29H34ClN5O4. The maximum absolute atomic E-state index is 13.7. The number of piperazine rings is 1. The van der Waals surface area contributed by atoms with Crippen molar-refractivity contribution >= 4 is 35.0 Å².